The molecule has 0 unspecified atom stereocenters. The zero-order chi connectivity index (χ0) is 22.5. The van der Waals surface area contributed by atoms with Crippen LogP contribution in [0.1, 0.15) is 49.9 Å². The van der Waals surface area contributed by atoms with E-state index in [2.05, 4.69) is 4.98 Å². The standard InChI is InChI=1S/C21H20N2O7S/c1-3-28-20(26)15-13(16(31-17(15)22)21(27)29-4-2)10-30-19(25)14-9-11-7-5-6-8-12(11)18(24)23-14/h5-9H,3-4,10,22H2,1-2H3,(H,23,24). The van der Waals surface area contributed by atoms with Gasteiger partial charge in [0.2, 0.25) is 0 Å². The van der Waals surface area contributed by atoms with Gasteiger partial charge in [-0.3, -0.25) is 4.79 Å². The maximum atomic E-state index is 12.6. The van der Waals surface area contributed by atoms with Crippen LogP contribution < -0.4 is 11.3 Å². The molecule has 0 saturated heterocycles. The van der Waals surface area contributed by atoms with Crippen LogP contribution in [0.2, 0.25) is 0 Å². The van der Waals surface area contributed by atoms with E-state index >= 15 is 0 Å². The Balaban J connectivity index is 1.92. The first-order chi connectivity index (χ1) is 14.9. The number of benzene rings is 1. The molecular weight excluding hydrogens is 424 g/mol. The molecule has 0 aliphatic heterocycles. The number of carbonyl (C=O) groups is 3. The molecule has 0 radical (unpaired) electrons. The number of fused-ring (bicyclic) bond motifs is 1. The number of hydrogen-bond acceptors (Lipinski definition) is 9. The second-order valence-corrected chi connectivity index (χ2v) is 7.32. The van der Waals surface area contributed by atoms with E-state index in [-0.39, 0.29) is 39.9 Å². The Labute approximate surface area is 180 Å². The summed E-state index contributed by atoms with van der Waals surface area (Å²) >= 11 is 0.848. The number of esters is 3. The summed E-state index contributed by atoms with van der Waals surface area (Å²) < 4.78 is 15.3. The maximum absolute atomic E-state index is 12.6. The highest BCUT2D eigenvalue weighted by molar-refractivity contribution is 7.18. The Morgan fingerprint density at radius 3 is 2.39 bits per heavy atom. The number of nitrogens with two attached hydrogens (primary N) is 1. The quantitative estimate of drug-likeness (QED) is 0.419. The highest BCUT2D eigenvalue weighted by Crippen LogP contribution is 2.33. The molecule has 2 heterocycles. The van der Waals surface area contributed by atoms with E-state index < -0.39 is 30.1 Å². The molecule has 0 amide bonds. The summed E-state index contributed by atoms with van der Waals surface area (Å²) in [5.74, 6) is -2.27. The predicted octanol–water partition coefficient (Wildman–Crippen LogP) is 2.88. The molecule has 0 spiro atoms. The number of pyridine rings is 1. The van der Waals surface area contributed by atoms with Gasteiger partial charge in [-0.05, 0) is 31.4 Å². The van der Waals surface area contributed by atoms with Gasteiger partial charge < -0.3 is 24.9 Å². The summed E-state index contributed by atoms with van der Waals surface area (Å²) in [5.41, 5.74) is 5.47. The molecule has 2 aromatic heterocycles. The van der Waals surface area contributed by atoms with Crippen molar-refractivity contribution in [1.29, 1.82) is 0 Å². The van der Waals surface area contributed by atoms with Crippen molar-refractivity contribution in [2.24, 2.45) is 0 Å². The van der Waals surface area contributed by atoms with Crippen molar-refractivity contribution in [3.8, 4) is 0 Å². The lowest BCUT2D eigenvalue weighted by Gasteiger charge is -2.09. The molecule has 3 rings (SSSR count). The van der Waals surface area contributed by atoms with Gasteiger partial charge in [0.1, 0.15) is 27.7 Å². The van der Waals surface area contributed by atoms with E-state index in [4.69, 9.17) is 19.9 Å². The molecule has 10 heteroatoms. The third-order valence-electron chi connectivity index (χ3n) is 4.30. The largest absolute Gasteiger partial charge is 0.462 e. The number of anilines is 1. The van der Waals surface area contributed by atoms with Gasteiger partial charge in [-0.1, -0.05) is 18.2 Å². The van der Waals surface area contributed by atoms with Crippen LogP contribution in [-0.4, -0.2) is 36.1 Å². The van der Waals surface area contributed by atoms with E-state index in [9.17, 15) is 19.2 Å². The number of ether oxygens (including phenoxy) is 3. The van der Waals surface area contributed by atoms with E-state index in [1.165, 1.54) is 6.07 Å². The summed E-state index contributed by atoms with van der Waals surface area (Å²) in [4.78, 5) is 52.0. The number of rotatable bonds is 7. The summed E-state index contributed by atoms with van der Waals surface area (Å²) in [5, 5.41) is 1.04. The Morgan fingerprint density at radius 2 is 1.68 bits per heavy atom. The third-order valence-corrected chi connectivity index (χ3v) is 5.34. The topological polar surface area (TPSA) is 138 Å². The molecule has 0 bridgehead atoms. The number of H-pyrrole nitrogens is 1. The fourth-order valence-corrected chi connectivity index (χ4v) is 3.90. The second-order valence-electron chi connectivity index (χ2n) is 6.27. The Hall–Kier alpha value is -3.66. The van der Waals surface area contributed by atoms with Gasteiger partial charge in [-0.15, -0.1) is 11.3 Å². The molecular formula is C21H20N2O7S. The monoisotopic (exact) mass is 444 g/mol. The molecule has 31 heavy (non-hydrogen) atoms. The van der Waals surface area contributed by atoms with E-state index in [1.807, 2.05) is 0 Å². The fourth-order valence-electron chi connectivity index (χ4n) is 2.95. The molecule has 0 fully saturated rings. The van der Waals surface area contributed by atoms with Crippen LogP contribution in [0.5, 0.6) is 0 Å². The van der Waals surface area contributed by atoms with Gasteiger partial charge >= 0.3 is 17.9 Å². The van der Waals surface area contributed by atoms with Gasteiger partial charge in [0.25, 0.3) is 5.56 Å². The summed E-state index contributed by atoms with van der Waals surface area (Å²) in [6.45, 7) is 3.03. The summed E-state index contributed by atoms with van der Waals surface area (Å²) in [6.07, 6.45) is 0. The predicted molar refractivity (Wildman–Crippen MR) is 114 cm³/mol. The summed E-state index contributed by atoms with van der Waals surface area (Å²) in [7, 11) is 0. The van der Waals surface area contributed by atoms with Crippen molar-refractivity contribution in [1.82, 2.24) is 4.98 Å². The molecule has 0 aliphatic rings. The number of aromatic nitrogens is 1. The summed E-state index contributed by atoms with van der Waals surface area (Å²) in [6, 6.07) is 8.26. The second kappa shape index (κ2) is 9.43. The highest BCUT2D eigenvalue weighted by atomic mass is 32.1. The van der Waals surface area contributed by atoms with Crippen LogP contribution >= 0.6 is 11.3 Å². The maximum Gasteiger partial charge on any atom is 0.355 e. The van der Waals surface area contributed by atoms with Crippen molar-refractivity contribution >= 4 is 45.0 Å². The van der Waals surface area contributed by atoms with Gasteiger partial charge in [-0.2, -0.15) is 0 Å². The smallest absolute Gasteiger partial charge is 0.355 e. The molecule has 9 nitrogen and oxygen atoms in total. The molecule has 0 aliphatic carbocycles. The normalized spacial score (nSPS) is 10.6. The molecule has 3 N–H and O–H groups in total. The SMILES string of the molecule is CCOC(=O)c1sc(N)c(C(=O)OCC)c1COC(=O)c1cc2ccccc2c(=O)[nH]1. The van der Waals surface area contributed by atoms with Crippen molar-refractivity contribution in [3.63, 3.8) is 0 Å². The van der Waals surface area contributed by atoms with Crippen molar-refractivity contribution in [2.75, 3.05) is 18.9 Å². The van der Waals surface area contributed by atoms with Crippen molar-refractivity contribution in [3.05, 3.63) is 62.4 Å². The van der Waals surface area contributed by atoms with E-state index in [0.29, 0.717) is 10.8 Å². The fraction of sp³-hybridized carbons (Fsp3) is 0.238. The number of nitrogens with one attached hydrogen (secondary N) is 1. The van der Waals surface area contributed by atoms with Gasteiger partial charge in [-0.25, -0.2) is 14.4 Å². The van der Waals surface area contributed by atoms with Crippen LogP contribution in [0.4, 0.5) is 5.00 Å². The van der Waals surface area contributed by atoms with Crippen LogP contribution in [0.15, 0.2) is 35.1 Å². The van der Waals surface area contributed by atoms with Crippen LogP contribution in [-0.2, 0) is 20.8 Å². The number of hydrogen-bond donors (Lipinski definition) is 2. The van der Waals surface area contributed by atoms with Gasteiger partial charge in [0.05, 0.1) is 13.2 Å². The van der Waals surface area contributed by atoms with E-state index in [1.54, 1.807) is 38.1 Å². The number of carbonyl (C=O) groups excluding carboxylic acids is 3. The van der Waals surface area contributed by atoms with Gasteiger partial charge in [0, 0.05) is 10.9 Å². The van der Waals surface area contributed by atoms with E-state index in [0.717, 1.165) is 11.3 Å². The Bertz CT molecular complexity index is 1210. The lowest BCUT2D eigenvalue weighted by molar-refractivity contribution is 0.0432. The minimum absolute atomic E-state index is 0.0437. The first-order valence-electron chi connectivity index (χ1n) is 9.41. The zero-order valence-electron chi connectivity index (χ0n) is 16.9. The lowest BCUT2D eigenvalue weighted by atomic mass is 10.1. The Kier molecular flexibility index (Phi) is 6.71. The molecule has 162 valence electrons. The average Bonchev–Trinajstić information content (AvgIpc) is 3.08. The zero-order valence-corrected chi connectivity index (χ0v) is 17.7. The minimum Gasteiger partial charge on any atom is -0.462 e. The van der Waals surface area contributed by atoms with Crippen LogP contribution in [0.3, 0.4) is 0 Å². The van der Waals surface area contributed by atoms with Gasteiger partial charge in [0.15, 0.2) is 0 Å². The highest BCUT2D eigenvalue weighted by Gasteiger charge is 2.28. The average molecular weight is 444 g/mol. The van der Waals surface area contributed by atoms with Crippen molar-refractivity contribution < 1.29 is 28.6 Å². The number of nitrogen functional groups attached to an aromatic ring is 1. The van der Waals surface area contributed by atoms with Crippen LogP contribution in [0.25, 0.3) is 10.8 Å². The molecule has 3 aromatic rings. The molecule has 0 atom stereocenters. The lowest BCUT2D eigenvalue weighted by Crippen LogP contribution is -2.17. The number of aromatic amines is 1. The van der Waals surface area contributed by atoms with Crippen molar-refractivity contribution in [2.45, 2.75) is 20.5 Å². The van der Waals surface area contributed by atoms with Crippen LogP contribution in [0, 0.1) is 0 Å². The Morgan fingerprint density at radius 1 is 1.00 bits per heavy atom. The first kappa shape index (κ1) is 22.0. The molecule has 0 saturated carbocycles. The third kappa shape index (κ3) is 4.58. The minimum atomic E-state index is -0.836. The number of thiophene rings is 1. The first-order valence-corrected chi connectivity index (χ1v) is 10.2. The molecule has 1 aromatic carbocycles.